The van der Waals surface area contributed by atoms with E-state index in [-0.39, 0.29) is 17.0 Å². The highest BCUT2D eigenvalue weighted by Gasteiger charge is 2.40. The van der Waals surface area contributed by atoms with Crippen molar-refractivity contribution < 1.29 is 9.63 Å². The van der Waals surface area contributed by atoms with Gasteiger partial charge in [0.05, 0.1) is 5.70 Å². The smallest absolute Gasteiger partial charge is 0.321 e. The molecule has 4 rings (SSSR count). The molecule has 1 spiro atoms. The highest BCUT2D eigenvalue weighted by Crippen LogP contribution is 2.35. The van der Waals surface area contributed by atoms with E-state index in [2.05, 4.69) is 77.8 Å². The molecule has 158 valence electrons. The van der Waals surface area contributed by atoms with Gasteiger partial charge >= 0.3 is 6.03 Å². The fourth-order valence-corrected chi connectivity index (χ4v) is 4.27. The summed E-state index contributed by atoms with van der Waals surface area (Å²) in [6.07, 6.45) is 3.70. The van der Waals surface area contributed by atoms with Crippen molar-refractivity contribution in [3.63, 3.8) is 0 Å². The van der Waals surface area contributed by atoms with Crippen LogP contribution in [-0.4, -0.2) is 29.6 Å². The highest BCUT2D eigenvalue weighted by molar-refractivity contribution is 9.10. The summed E-state index contributed by atoms with van der Waals surface area (Å²) in [7, 11) is 0. The highest BCUT2D eigenvalue weighted by atomic mass is 79.9. The molecule has 6 heteroatoms. The summed E-state index contributed by atoms with van der Waals surface area (Å²) < 4.78 is 0.941. The number of benzene rings is 2. The van der Waals surface area contributed by atoms with E-state index < -0.39 is 0 Å². The number of hydrogen-bond acceptors (Lipinski definition) is 3. The van der Waals surface area contributed by atoms with E-state index in [1.165, 1.54) is 5.56 Å². The fourth-order valence-electron chi connectivity index (χ4n) is 3.87. The molecule has 0 atom stereocenters. The maximum atomic E-state index is 12.6. The molecule has 0 bridgehead atoms. The molecule has 0 aliphatic carbocycles. The molecule has 1 fully saturated rings. The van der Waals surface area contributed by atoms with Crippen LogP contribution < -0.4 is 10.8 Å². The van der Waals surface area contributed by atoms with Crippen LogP contribution in [0.5, 0.6) is 0 Å². The number of nitrogens with one attached hydrogen (secondary N) is 2. The Morgan fingerprint density at radius 1 is 1.13 bits per heavy atom. The Kier molecular flexibility index (Phi) is 5.64. The van der Waals surface area contributed by atoms with Gasteiger partial charge in [-0.1, -0.05) is 67.0 Å². The van der Waals surface area contributed by atoms with Crippen molar-refractivity contribution in [1.82, 2.24) is 10.4 Å². The Balaban J connectivity index is 1.38. The number of halogens is 1. The molecule has 2 aromatic carbocycles. The quantitative estimate of drug-likeness (QED) is 0.593. The van der Waals surface area contributed by atoms with Crippen LogP contribution in [0, 0.1) is 0 Å². The normalized spacial score (nSPS) is 18.1. The van der Waals surface area contributed by atoms with Gasteiger partial charge in [0.1, 0.15) is 5.60 Å². The standard InChI is InChI=1S/C24H28BrN3O2/c1-23(2,3)18-9-7-17(8-10-18)21-16-24(30-27-21)11-13-28(14-12-24)22(29)26-20-6-4-5-19(25)15-20/h4-10,15-16,27H,11-14H2,1-3H3,(H,26,29). The number of hydrogen-bond donors (Lipinski definition) is 2. The van der Waals surface area contributed by atoms with Crippen molar-refractivity contribution in [2.24, 2.45) is 0 Å². The summed E-state index contributed by atoms with van der Waals surface area (Å²) in [5.41, 5.74) is 7.12. The molecule has 0 aromatic heterocycles. The maximum absolute atomic E-state index is 12.6. The summed E-state index contributed by atoms with van der Waals surface area (Å²) in [5, 5.41) is 2.97. The first kappa shape index (κ1) is 20.9. The van der Waals surface area contributed by atoms with Crippen LogP contribution in [0.15, 0.2) is 59.1 Å². The Bertz CT molecular complexity index is 955. The third kappa shape index (κ3) is 4.55. The Labute approximate surface area is 186 Å². The van der Waals surface area contributed by atoms with E-state index in [1.54, 1.807) is 0 Å². The molecule has 2 aliphatic heterocycles. The third-order valence-corrected chi connectivity index (χ3v) is 6.30. The van der Waals surface area contributed by atoms with Gasteiger partial charge in [-0.2, -0.15) is 0 Å². The van der Waals surface area contributed by atoms with Gasteiger partial charge in [0.25, 0.3) is 0 Å². The monoisotopic (exact) mass is 469 g/mol. The van der Waals surface area contributed by atoms with Gasteiger partial charge in [0.15, 0.2) is 0 Å². The summed E-state index contributed by atoms with van der Waals surface area (Å²) in [6, 6.07) is 16.2. The molecule has 2 amide bonds. The number of rotatable bonds is 2. The lowest BCUT2D eigenvalue weighted by atomic mass is 9.86. The Morgan fingerprint density at radius 3 is 2.47 bits per heavy atom. The van der Waals surface area contributed by atoms with Crippen molar-refractivity contribution in [3.05, 3.63) is 70.2 Å². The lowest BCUT2D eigenvalue weighted by Gasteiger charge is -2.36. The van der Waals surface area contributed by atoms with Gasteiger partial charge in [-0.15, -0.1) is 0 Å². The number of carbonyl (C=O) groups excluding carboxylic acids is 1. The molecule has 30 heavy (non-hydrogen) atoms. The number of amides is 2. The minimum absolute atomic E-state index is 0.0733. The van der Waals surface area contributed by atoms with Gasteiger partial charge < -0.3 is 10.2 Å². The van der Waals surface area contributed by atoms with Gasteiger partial charge in [0, 0.05) is 36.1 Å². The number of piperidine rings is 1. The number of nitrogens with zero attached hydrogens (tertiary/aromatic N) is 1. The zero-order chi connectivity index (χ0) is 21.4. The number of anilines is 1. The first-order chi connectivity index (χ1) is 14.2. The predicted molar refractivity (Wildman–Crippen MR) is 124 cm³/mol. The topological polar surface area (TPSA) is 53.6 Å². The Morgan fingerprint density at radius 2 is 1.83 bits per heavy atom. The SMILES string of the molecule is CC(C)(C)c1ccc(C2=CC3(CCN(C(=O)Nc4cccc(Br)c4)CC3)ON2)cc1. The minimum Gasteiger partial charge on any atom is -0.324 e. The lowest BCUT2D eigenvalue weighted by molar-refractivity contribution is -0.0634. The molecule has 0 unspecified atom stereocenters. The van der Waals surface area contributed by atoms with E-state index in [0.29, 0.717) is 13.1 Å². The first-order valence-electron chi connectivity index (χ1n) is 10.3. The number of urea groups is 1. The lowest BCUT2D eigenvalue weighted by Crippen LogP contribution is -2.48. The largest absolute Gasteiger partial charge is 0.324 e. The minimum atomic E-state index is -0.357. The predicted octanol–water partition coefficient (Wildman–Crippen LogP) is 5.69. The number of carbonyl (C=O) groups is 1. The van der Waals surface area contributed by atoms with Crippen LogP contribution in [0.3, 0.4) is 0 Å². The van der Waals surface area contributed by atoms with Gasteiger partial charge in [-0.3, -0.25) is 10.3 Å². The number of hydroxylamine groups is 1. The van der Waals surface area contributed by atoms with E-state index in [4.69, 9.17) is 4.84 Å². The third-order valence-electron chi connectivity index (χ3n) is 5.81. The molecule has 2 heterocycles. The van der Waals surface area contributed by atoms with Gasteiger partial charge in [0.2, 0.25) is 0 Å². The van der Waals surface area contributed by atoms with Crippen LogP contribution in [0.1, 0.15) is 44.7 Å². The van der Waals surface area contributed by atoms with Crippen molar-refractivity contribution in [1.29, 1.82) is 0 Å². The molecule has 2 aromatic rings. The molecule has 0 radical (unpaired) electrons. The summed E-state index contributed by atoms with van der Waals surface area (Å²) in [5.74, 6) is 0. The molecular weight excluding hydrogens is 442 g/mol. The van der Waals surface area contributed by atoms with Crippen LogP contribution in [0.4, 0.5) is 10.5 Å². The van der Waals surface area contributed by atoms with E-state index >= 15 is 0 Å². The summed E-state index contributed by atoms with van der Waals surface area (Å²) >= 11 is 3.43. The molecular formula is C24H28BrN3O2. The average molecular weight is 470 g/mol. The van der Waals surface area contributed by atoms with Crippen LogP contribution in [0.25, 0.3) is 5.70 Å². The average Bonchev–Trinajstić information content (AvgIpc) is 3.11. The molecule has 1 saturated heterocycles. The molecule has 2 aliphatic rings. The summed E-state index contributed by atoms with van der Waals surface area (Å²) in [4.78, 5) is 20.5. The second-order valence-corrected chi connectivity index (χ2v) is 10.00. The van der Waals surface area contributed by atoms with E-state index in [0.717, 1.165) is 34.3 Å². The summed E-state index contributed by atoms with van der Waals surface area (Å²) in [6.45, 7) is 7.94. The maximum Gasteiger partial charge on any atom is 0.321 e. The van der Waals surface area contributed by atoms with Crippen molar-refractivity contribution in [2.75, 3.05) is 18.4 Å². The molecule has 2 N–H and O–H groups in total. The van der Waals surface area contributed by atoms with Crippen LogP contribution in [0.2, 0.25) is 0 Å². The van der Waals surface area contributed by atoms with Gasteiger partial charge in [-0.05, 0) is 40.8 Å². The zero-order valence-corrected chi connectivity index (χ0v) is 19.3. The van der Waals surface area contributed by atoms with E-state index in [1.807, 2.05) is 29.2 Å². The van der Waals surface area contributed by atoms with Crippen LogP contribution in [-0.2, 0) is 10.3 Å². The van der Waals surface area contributed by atoms with Crippen molar-refractivity contribution >= 4 is 33.3 Å². The molecule has 5 nitrogen and oxygen atoms in total. The van der Waals surface area contributed by atoms with Crippen LogP contribution >= 0.6 is 15.9 Å². The number of likely N-dealkylation sites (tertiary alicyclic amines) is 1. The second-order valence-electron chi connectivity index (χ2n) is 9.08. The van der Waals surface area contributed by atoms with Gasteiger partial charge in [-0.25, -0.2) is 4.79 Å². The first-order valence-corrected chi connectivity index (χ1v) is 11.1. The molecule has 0 saturated carbocycles. The van der Waals surface area contributed by atoms with Crippen molar-refractivity contribution in [3.8, 4) is 0 Å². The fraction of sp³-hybridized carbons (Fsp3) is 0.375. The second kappa shape index (κ2) is 8.08. The van der Waals surface area contributed by atoms with Crippen molar-refractivity contribution in [2.45, 2.75) is 44.6 Å². The van der Waals surface area contributed by atoms with E-state index in [9.17, 15) is 4.79 Å². The Hall–Kier alpha value is -2.31. The zero-order valence-electron chi connectivity index (χ0n) is 17.7.